The molecule has 0 bridgehead atoms. The van der Waals surface area contributed by atoms with Gasteiger partial charge in [-0.1, -0.05) is 285 Å². The zero-order chi connectivity index (χ0) is 61.7. The lowest BCUT2D eigenvalue weighted by molar-refractivity contribution is -0.305. The van der Waals surface area contributed by atoms with E-state index >= 15 is 0 Å². The quantitative estimate of drug-likeness (QED) is 0.0195. The molecule has 1 fully saturated rings. The van der Waals surface area contributed by atoms with Crippen molar-refractivity contribution in [3.63, 3.8) is 0 Å². The van der Waals surface area contributed by atoms with Gasteiger partial charge in [-0.3, -0.25) is 9.59 Å². The molecule has 0 radical (unpaired) electrons. The van der Waals surface area contributed by atoms with Gasteiger partial charge in [-0.15, -0.1) is 0 Å². The number of aliphatic hydroxyl groups excluding tert-OH is 5. The number of carbonyl (C=O) groups excluding carboxylic acids is 2. The second-order valence-corrected chi connectivity index (χ2v) is 23.9. The Morgan fingerprint density at radius 2 is 0.812 bits per heavy atom. The lowest BCUT2D eigenvalue weighted by Crippen LogP contribution is -2.61. The van der Waals surface area contributed by atoms with Gasteiger partial charge in [0, 0.05) is 6.42 Å². The second kappa shape index (κ2) is 60.8. The molecule has 6 N–H and O–H groups in total. The summed E-state index contributed by atoms with van der Waals surface area (Å²) in [4.78, 5) is 26.6. The van der Waals surface area contributed by atoms with Crippen LogP contribution in [0.15, 0.2) is 97.2 Å². The topological polar surface area (TPSA) is 175 Å². The van der Waals surface area contributed by atoms with E-state index in [4.69, 9.17) is 14.2 Å². The number of amides is 1. The van der Waals surface area contributed by atoms with Gasteiger partial charge in [-0.05, 0) is 103 Å². The number of esters is 1. The van der Waals surface area contributed by atoms with E-state index in [1.54, 1.807) is 6.08 Å². The molecule has 1 aliphatic rings. The minimum atomic E-state index is -1.64. The van der Waals surface area contributed by atoms with Gasteiger partial charge in [0.05, 0.1) is 25.4 Å². The van der Waals surface area contributed by atoms with Crippen LogP contribution in [0.1, 0.15) is 297 Å². The normalized spacial score (nSPS) is 19.0. The molecule has 0 aliphatic carbocycles. The summed E-state index contributed by atoms with van der Waals surface area (Å²) >= 11 is 0. The Balaban J connectivity index is 2.62. The number of nitrogens with one attached hydrogen (secondary N) is 1. The molecule has 490 valence electrons. The maximum Gasteiger partial charge on any atom is 0.306 e. The van der Waals surface area contributed by atoms with Gasteiger partial charge in [-0.2, -0.15) is 0 Å². The van der Waals surface area contributed by atoms with Crippen LogP contribution in [0.4, 0.5) is 0 Å². The summed E-state index contributed by atoms with van der Waals surface area (Å²) in [7, 11) is 0. The van der Waals surface area contributed by atoms with Crippen molar-refractivity contribution in [2.24, 2.45) is 0 Å². The monoisotopic (exact) mass is 1190 g/mol. The second-order valence-electron chi connectivity index (χ2n) is 23.9. The Bertz CT molecular complexity index is 1750. The molecule has 0 aromatic rings. The van der Waals surface area contributed by atoms with E-state index < -0.39 is 67.4 Å². The smallest absolute Gasteiger partial charge is 0.306 e. The van der Waals surface area contributed by atoms with E-state index in [-0.39, 0.29) is 19.4 Å². The third kappa shape index (κ3) is 48.2. The van der Waals surface area contributed by atoms with Gasteiger partial charge in [0.25, 0.3) is 0 Å². The molecule has 11 nitrogen and oxygen atoms in total. The molecule has 0 saturated carbocycles. The Morgan fingerprint density at radius 1 is 0.459 bits per heavy atom. The number of rotatable bonds is 59. The fourth-order valence-electron chi connectivity index (χ4n) is 10.4. The van der Waals surface area contributed by atoms with Gasteiger partial charge in [0.1, 0.15) is 24.4 Å². The van der Waals surface area contributed by atoms with Crippen molar-refractivity contribution in [3.8, 4) is 0 Å². The van der Waals surface area contributed by atoms with Crippen molar-refractivity contribution < 1.29 is 49.3 Å². The SMILES string of the molecule is CCCCC/C=C\C/C=C\C/C=C\C/C=C\CCCC(=O)OC1C(OCC(NC(=O)C(O)CCCCCCCCCCCCCCC/C=C\C/C=C\C/C=C\CCCCC)C(O)/C=C/CCCCCCCCCCCCC)OC(CO)C(O)C1O. The van der Waals surface area contributed by atoms with E-state index in [2.05, 4.69) is 105 Å². The summed E-state index contributed by atoms with van der Waals surface area (Å²) in [6, 6.07) is -1.04. The zero-order valence-corrected chi connectivity index (χ0v) is 54.5. The number of carbonyl (C=O) groups is 2. The highest BCUT2D eigenvalue weighted by atomic mass is 16.7. The largest absolute Gasteiger partial charge is 0.454 e. The van der Waals surface area contributed by atoms with Crippen LogP contribution in [0.25, 0.3) is 0 Å². The minimum absolute atomic E-state index is 0.0447. The van der Waals surface area contributed by atoms with Crippen molar-refractivity contribution in [2.45, 2.75) is 346 Å². The first kappa shape index (κ1) is 79.6. The van der Waals surface area contributed by atoms with E-state index in [9.17, 15) is 35.1 Å². The Labute approximate surface area is 520 Å². The lowest BCUT2D eigenvalue weighted by Gasteiger charge is -2.41. The van der Waals surface area contributed by atoms with Crippen LogP contribution in [0.2, 0.25) is 0 Å². The molecular formula is C74H129NO10. The Hall–Kier alpha value is -3.42. The van der Waals surface area contributed by atoms with Crippen LogP contribution in [0, 0.1) is 0 Å². The first-order valence-electron chi connectivity index (χ1n) is 35.0. The van der Waals surface area contributed by atoms with Crippen LogP contribution < -0.4 is 5.32 Å². The summed E-state index contributed by atoms with van der Waals surface area (Å²) in [6.45, 7) is 5.73. The molecule has 8 atom stereocenters. The van der Waals surface area contributed by atoms with Crippen molar-refractivity contribution in [1.29, 1.82) is 0 Å². The van der Waals surface area contributed by atoms with Crippen LogP contribution >= 0.6 is 0 Å². The summed E-state index contributed by atoms with van der Waals surface area (Å²) in [5.74, 6) is -1.25. The molecule has 8 unspecified atom stereocenters. The molecule has 1 rings (SSSR count). The summed E-state index contributed by atoms with van der Waals surface area (Å²) in [5, 5.41) is 57.2. The molecule has 11 heteroatoms. The van der Waals surface area contributed by atoms with Crippen molar-refractivity contribution in [3.05, 3.63) is 97.2 Å². The predicted molar refractivity (Wildman–Crippen MR) is 356 cm³/mol. The summed E-state index contributed by atoms with van der Waals surface area (Å²) < 4.78 is 17.6. The number of hydrogen-bond donors (Lipinski definition) is 6. The van der Waals surface area contributed by atoms with E-state index in [1.807, 2.05) is 12.2 Å². The van der Waals surface area contributed by atoms with Gasteiger partial charge < -0.3 is 45.1 Å². The fraction of sp³-hybridized carbons (Fsp3) is 0.757. The highest BCUT2D eigenvalue weighted by Crippen LogP contribution is 2.26. The van der Waals surface area contributed by atoms with Gasteiger partial charge in [0.2, 0.25) is 5.91 Å². The van der Waals surface area contributed by atoms with Crippen LogP contribution in [-0.4, -0.2) is 99.6 Å². The third-order valence-electron chi connectivity index (χ3n) is 16.0. The highest BCUT2D eigenvalue weighted by Gasteiger charge is 2.47. The number of ether oxygens (including phenoxy) is 3. The predicted octanol–water partition coefficient (Wildman–Crippen LogP) is 17.8. The van der Waals surface area contributed by atoms with Crippen molar-refractivity contribution >= 4 is 11.9 Å². The molecule has 1 heterocycles. The molecular weight excluding hydrogens is 1060 g/mol. The molecule has 1 amide bonds. The Kier molecular flexibility index (Phi) is 57.0. The molecule has 0 aromatic carbocycles. The summed E-state index contributed by atoms with van der Waals surface area (Å²) in [6.07, 6.45) is 71.6. The fourth-order valence-corrected chi connectivity index (χ4v) is 10.4. The number of unbranched alkanes of at least 4 members (excludes halogenated alkanes) is 31. The summed E-state index contributed by atoms with van der Waals surface area (Å²) in [5.41, 5.74) is 0. The van der Waals surface area contributed by atoms with E-state index in [0.29, 0.717) is 19.3 Å². The van der Waals surface area contributed by atoms with E-state index in [0.717, 1.165) is 77.0 Å². The van der Waals surface area contributed by atoms with E-state index in [1.165, 1.54) is 167 Å². The molecule has 85 heavy (non-hydrogen) atoms. The van der Waals surface area contributed by atoms with Crippen LogP contribution in [0.5, 0.6) is 0 Å². The Morgan fingerprint density at radius 3 is 1.24 bits per heavy atom. The van der Waals surface area contributed by atoms with Gasteiger partial charge >= 0.3 is 5.97 Å². The van der Waals surface area contributed by atoms with Gasteiger partial charge in [0.15, 0.2) is 12.4 Å². The van der Waals surface area contributed by atoms with Gasteiger partial charge in [-0.25, -0.2) is 0 Å². The molecule has 0 spiro atoms. The van der Waals surface area contributed by atoms with Crippen LogP contribution in [-0.2, 0) is 23.8 Å². The average Bonchev–Trinajstić information content (AvgIpc) is 3.16. The standard InChI is InChI=1S/C74H129NO10/c1-4-7-10-13-16-19-22-25-27-29-30-31-32-33-34-35-36-37-39-40-43-46-49-52-55-58-61-67(78)73(82)75-65(66(77)60-57-54-51-48-45-42-24-21-18-15-12-9-6-3)64-83-74-72(71(81)70(80)68(63-76)84-74)85-69(79)62-59-56-53-50-47-44-41-38-28-26-23-20-17-14-11-8-5-2/h16-17,19-20,25-28,30-31,41,44,50,53,57,60,65-68,70-72,74,76-78,80-81H,4-15,18,21-24,29,32-40,42-43,45-49,51-52,54-56,58-59,61-64H2,1-3H3,(H,75,82)/b19-16-,20-17-,27-25-,28-26-,31-30-,44-41-,53-50-,60-57+. The average molecular weight is 1190 g/mol. The molecule has 1 saturated heterocycles. The maximum atomic E-state index is 13.5. The number of hydrogen-bond acceptors (Lipinski definition) is 10. The highest BCUT2D eigenvalue weighted by molar-refractivity contribution is 5.80. The van der Waals surface area contributed by atoms with Crippen molar-refractivity contribution in [1.82, 2.24) is 5.32 Å². The number of aliphatic hydroxyl groups is 5. The first-order chi connectivity index (χ1) is 41.7. The number of allylic oxidation sites excluding steroid dienone is 15. The molecule has 1 aliphatic heterocycles. The van der Waals surface area contributed by atoms with Crippen LogP contribution in [0.3, 0.4) is 0 Å². The van der Waals surface area contributed by atoms with Crippen molar-refractivity contribution in [2.75, 3.05) is 13.2 Å². The maximum absolute atomic E-state index is 13.5. The third-order valence-corrected chi connectivity index (χ3v) is 16.0. The first-order valence-corrected chi connectivity index (χ1v) is 35.0. The lowest BCUT2D eigenvalue weighted by atomic mass is 9.99. The molecule has 0 aromatic heterocycles. The minimum Gasteiger partial charge on any atom is -0.454 e. The zero-order valence-electron chi connectivity index (χ0n) is 54.5.